The second-order valence-corrected chi connectivity index (χ2v) is 4.95. The Morgan fingerprint density at radius 2 is 2.22 bits per heavy atom. The number of rotatable bonds is 4. The third-order valence-corrected chi connectivity index (χ3v) is 3.34. The molecule has 0 amide bonds. The summed E-state index contributed by atoms with van der Waals surface area (Å²) in [5, 5.41) is 4.99. The van der Waals surface area contributed by atoms with Gasteiger partial charge in [-0.05, 0) is 49.1 Å². The Morgan fingerprint density at radius 1 is 1.44 bits per heavy atom. The maximum atomic E-state index is 6.25. The van der Waals surface area contributed by atoms with Gasteiger partial charge in [0.2, 0.25) is 0 Å². The van der Waals surface area contributed by atoms with Crippen LogP contribution in [0.2, 0.25) is 5.02 Å². The molecular weight excluding hydrogens is 246 g/mol. The van der Waals surface area contributed by atoms with E-state index in [0.29, 0.717) is 0 Å². The molecule has 1 atom stereocenters. The van der Waals surface area contributed by atoms with Crippen LogP contribution in [0.5, 0.6) is 0 Å². The summed E-state index contributed by atoms with van der Waals surface area (Å²) in [7, 11) is 0. The van der Waals surface area contributed by atoms with Crippen molar-refractivity contribution in [3.8, 4) is 0 Å². The minimum Gasteiger partial charge on any atom is -0.324 e. The van der Waals surface area contributed by atoms with Gasteiger partial charge in [-0.25, -0.2) is 0 Å². The molecule has 1 unspecified atom stereocenters. The number of benzene rings is 1. The van der Waals surface area contributed by atoms with Crippen LogP contribution >= 0.6 is 11.6 Å². The van der Waals surface area contributed by atoms with E-state index in [-0.39, 0.29) is 6.04 Å². The van der Waals surface area contributed by atoms with E-state index in [4.69, 9.17) is 17.3 Å². The summed E-state index contributed by atoms with van der Waals surface area (Å²) in [5.74, 6) is 0. The molecule has 2 N–H and O–H groups in total. The quantitative estimate of drug-likeness (QED) is 0.921. The molecule has 1 aromatic heterocycles. The van der Waals surface area contributed by atoms with Gasteiger partial charge in [0, 0.05) is 23.8 Å². The fourth-order valence-corrected chi connectivity index (χ4v) is 2.24. The first-order valence-electron chi connectivity index (χ1n) is 6.13. The Hall–Kier alpha value is -1.32. The molecule has 2 aromatic rings. The molecule has 2 rings (SSSR count). The fraction of sp³-hybridized carbons (Fsp3) is 0.357. The molecule has 0 saturated heterocycles. The van der Waals surface area contributed by atoms with Crippen LogP contribution in [-0.4, -0.2) is 9.78 Å². The van der Waals surface area contributed by atoms with Crippen molar-refractivity contribution in [2.24, 2.45) is 5.73 Å². The van der Waals surface area contributed by atoms with Gasteiger partial charge in [-0.2, -0.15) is 5.10 Å². The molecule has 0 saturated carbocycles. The van der Waals surface area contributed by atoms with E-state index < -0.39 is 0 Å². The van der Waals surface area contributed by atoms with Crippen LogP contribution < -0.4 is 5.73 Å². The van der Waals surface area contributed by atoms with Crippen LogP contribution in [0.1, 0.15) is 29.7 Å². The summed E-state index contributed by atoms with van der Waals surface area (Å²) in [6.07, 6.45) is 4.70. The van der Waals surface area contributed by atoms with Crippen LogP contribution in [-0.2, 0) is 13.0 Å². The molecule has 18 heavy (non-hydrogen) atoms. The molecule has 0 spiro atoms. The van der Waals surface area contributed by atoms with E-state index in [1.54, 1.807) is 0 Å². The van der Waals surface area contributed by atoms with Crippen molar-refractivity contribution >= 4 is 11.6 Å². The predicted molar refractivity (Wildman–Crippen MR) is 74.7 cm³/mol. The number of nitrogens with two attached hydrogens (primary N) is 1. The van der Waals surface area contributed by atoms with Crippen molar-refractivity contribution in [3.63, 3.8) is 0 Å². The van der Waals surface area contributed by atoms with Crippen molar-refractivity contribution in [3.05, 3.63) is 52.3 Å². The Bertz CT molecular complexity index is 534. The lowest BCUT2D eigenvalue weighted by Crippen LogP contribution is -2.14. The average molecular weight is 264 g/mol. The highest BCUT2D eigenvalue weighted by Crippen LogP contribution is 2.23. The number of halogens is 1. The Labute approximate surface area is 113 Å². The smallest absolute Gasteiger partial charge is 0.0522 e. The molecule has 0 aliphatic heterocycles. The zero-order valence-corrected chi connectivity index (χ0v) is 11.5. The molecule has 3 nitrogen and oxygen atoms in total. The molecule has 0 aliphatic carbocycles. The van der Waals surface area contributed by atoms with Gasteiger partial charge in [0.05, 0.1) is 6.20 Å². The van der Waals surface area contributed by atoms with E-state index in [9.17, 15) is 0 Å². The topological polar surface area (TPSA) is 43.8 Å². The van der Waals surface area contributed by atoms with Crippen LogP contribution in [0.3, 0.4) is 0 Å². The Kier molecular flexibility index (Phi) is 4.04. The SMILES string of the molecule is CCn1cc(CC(N)c2cc(Cl)ccc2C)cn1. The molecule has 0 radical (unpaired) electrons. The largest absolute Gasteiger partial charge is 0.324 e. The van der Waals surface area contributed by atoms with Gasteiger partial charge >= 0.3 is 0 Å². The van der Waals surface area contributed by atoms with E-state index in [2.05, 4.69) is 18.9 Å². The van der Waals surface area contributed by atoms with Crippen LogP contribution in [0.4, 0.5) is 0 Å². The Balaban J connectivity index is 2.16. The lowest BCUT2D eigenvalue weighted by atomic mass is 9.97. The number of hydrogen-bond acceptors (Lipinski definition) is 2. The minimum atomic E-state index is -0.0433. The molecule has 4 heteroatoms. The standard InChI is InChI=1S/C14H18ClN3/c1-3-18-9-11(8-17-18)6-14(16)13-7-12(15)5-4-10(13)2/h4-5,7-9,14H,3,6,16H2,1-2H3. The lowest BCUT2D eigenvalue weighted by Gasteiger charge is -2.14. The lowest BCUT2D eigenvalue weighted by molar-refractivity contribution is 0.657. The van der Waals surface area contributed by atoms with Gasteiger partial charge < -0.3 is 5.73 Å². The first-order chi connectivity index (χ1) is 8.60. The number of hydrogen-bond donors (Lipinski definition) is 1. The average Bonchev–Trinajstić information content (AvgIpc) is 2.80. The number of nitrogens with zero attached hydrogens (tertiary/aromatic N) is 2. The summed E-state index contributed by atoms with van der Waals surface area (Å²) in [6.45, 7) is 5.00. The third-order valence-electron chi connectivity index (χ3n) is 3.11. The maximum Gasteiger partial charge on any atom is 0.0522 e. The van der Waals surface area contributed by atoms with E-state index in [0.717, 1.165) is 29.1 Å². The van der Waals surface area contributed by atoms with Crippen molar-refractivity contribution in [1.29, 1.82) is 0 Å². The van der Waals surface area contributed by atoms with Gasteiger partial charge in [-0.1, -0.05) is 17.7 Å². The van der Waals surface area contributed by atoms with Crippen molar-refractivity contribution in [2.75, 3.05) is 0 Å². The van der Waals surface area contributed by atoms with Crippen LogP contribution in [0.25, 0.3) is 0 Å². The fourth-order valence-electron chi connectivity index (χ4n) is 2.06. The second kappa shape index (κ2) is 5.55. The molecule has 1 aromatic carbocycles. The summed E-state index contributed by atoms with van der Waals surface area (Å²) in [5.41, 5.74) is 9.69. The number of aryl methyl sites for hydroxylation is 2. The van der Waals surface area contributed by atoms with Crippen LogP contribution in [0.15, 0.2) is 30.6 Å². The van der Waals surface area contributed by atoms with Gasteiger partial charge in [0.1, 0.15) is 0 Å². The molecule has 0 fully saturated rings. The first-order valence-corrected chi connectivity index (χ1v) is 6.51. The molecule has 96 valence electrons. The summed E-state index contributed by atoms with van der Waals surface area (Å²) in [4.78, 5) is 0. The second-order valence-electron chi connectivity index (χ2n) is 4.52. The highest BCUT2D eigenvalue weighted by atomic mass is 35.5. The number of aromatic nitrogens is 2. The highest BCUT2D eigenvalue weighted by Gasteiger charge is 2.11. The first kappa shape index (κ1) is 13.1. The van der Waals surface area contributed by atoms with Crippen molar-refractivity contribution in [1.82, 2.24) is 9.78 Å². The van der Waals surface area contributed by atoms with Gasteiger partial charge in [-0.3, -0.25) is 4.68 Å². The van der Waals surface area contributed by atoms with E-state index in [1.807, 2.05) is 35.3 Å². The normalized spacial score (nSPS) is 12.7. The summed E-state index contributed by atoms with van der Waals surface area (Å²) < 4.78 is 1.91. The third kappa shape index (κ3) is 2.92. The maximum absolute atomic E-state index is 6.25. The summed E-state index contributed by atoms with van der Waals surface area (Å²) >= 11 is 6.02. The monoisotopic (exact) mass is 263 g/mol. The van der Waals surface area contributed by atoms with Crippen molar-refractivity contribution < 1.29 is 0 Å². The predicted octanol–water partition coefficient (Wildman–Crippen LogP) is 3.11. The van der Waals surface area contributed by atoms with E-state index >= 15 is 0 Å². The highest BCUT2D eigenvalue weighted by molar-refractivity contribution is 6.30. The Morgan fingerprint density at radius 3 is 2.89 bits per heavy atom. The molecular formula is C14H18ClN3. The van der Waals surface area contributed by atoms with Gasteiger partial charge in [0.25, 0.3) is 0 Å². The molecule has 0 aliphatic rings. The van der Waals surface area contributed by atoms with Gasteiger partial charge in [-0.15, -0.1) is 0 Å². The van der Waals surface area contributed by atoms with Crippen molar-refractivity contribution in [2.45, 2.75) is 32.9 Å². The summed E-state index contributed by atoms with van der Waals surface area (Å²) in [6, 6.07) is 5.80. The zero-order chi connectivity index (χ0) is 13.1. The van der Waals surface area contributed by atoms with E-state index in [1.165, 1.54) is 5.56 Å². The molecule has 1 heterocycles. The zero-order valence-electron chi connectivity index (χ0n) is 10.7. The minimum absolute atomic E-state index is 0.0433. The van der Waals surface area contributed by atoms with Crippen LogP contribution in [0, 0.1) is 6.92 Å². The van der Waals surface area contributed by atoms with Gasteiger partial charge in [0.15, 0.2) is 0 Å². The molecule has 0 bridgehead atoms.